The van der Waals surface area contributed by atoms with Crippen LogP contribution in [0.5, 0.6) is 0 Å². The Morgan fingerprint density at radius 3 is 1.60 bits per heavy atom. The van der Waals surface area contributed by atoms with Crippen LogP contribution in [0.1, 0.15) is 0 Å². The highest BCUT2D eigenvalue weighted by molar-refractivity contribution is 7.25. The second-order valence-electron chi connectivity index (χ2n) is 10.4. The van der Waals surface area contributed by atoms with Crippen LogP contribution in [0.4, 0.5) is 0 Å². The fraction of sp³-hybridized carbons (Fsp3) is 0. The van der Waals surface area contributed by atoms with Crippen LogP contribution in [0.2, 0.25) is 0 Å². The lowest BCUT2D eigenvalue weighted by Crippen LogP contribution is -2.01. The Hall–Kier alpha value is -5.45. The molecular formula is C39H25N3S. The van der Waals surface area contributed by atoms with E-state index in [0.717, 1.165) is 33.4 Å². The first-order valence-electron chi connectivity index (χ1n) is 14.3. The van der Waals surface area contributed by atoms with Crippen molar-refractivity contribution < 1.29 is 0 Å². The van der Waals surface area contributed by atoms with Crippen LogP contribution in [-0.4, -0.2) is 15.0 Å². The average molecular weight is 568 g/mol. The lowest BCUT2D eigenvalue weighted by Gasteiger charge is -2.13. The van der Waals surface area contributed by atoms with Crippen molar-refractivity contribution in [3.05, 3.63) is 152 Å². The minimum Gasteiger partial charge on any atom is -0.208 e. The van der Waals surface area contributed by atoms with E-state index >= 15 is 0 Å². The molecule has 0 saturated heterocycles. The summed E-state index contributed by atoms with van der Waals surface area (Å²) in [6.45, 7) is 0. The summed E-state index contributed by atoms with van der Waals surface area (Å²) in [5.41, 5.74) is 7.48. The van der Waals surface area contributed by atoms with Gasteiger partial charge in [0.15, 0.2) is 17.5 Å². The molecule has 4 heteroatoms. The quantitative estimate of drug-likeness (QED) is 0.208. The van der Waals surface area contributed by atoms with E-state index in [1.54, 1.807) is 11.3 Å². The molecule has 0 aliphatic rings. The largest absolute Gasteiger partial charge is 0.208 e. The molecule has 6 aromatic carbocycles. The predicted octanol–water partition coefficient (Wildman–Crippen LogP) is 10.6. The van der Waals surface area contributed by atoms with Gasteiger partial charge >= 0.3 is 0 Å². The van der Waals surface area contributed by atoms with Crippen LogP contribution in [0.3, 0.4) is 0 Å². The van der Waals surface area contributed by atoms with Gasteiger partial charge in [-0.15, -0.1) is 11.3 Å². The number of hydrogen-bond acceptors (Lipinski definition) is 4. The summed E-state index contributed by atoms with van der Waals surface area (Å²) in [6, 6.07) is 52.6. The van der Waals surface area contributed by atoms with Crippen molar-refractivity contribution in [3.63, 3.8) is 0 Å². The lowest BCUT2D eigenvalue weighted by molar-refractivity contribution is 1.08. The van der Waals surface area contributed by atoms with Crippen LogP contribution < -0.4 is 0 Å². The first-order chi connectivity index (χ1) is 21.3. The second-order valence-corrected chi connectivity index (χ2v) is 11.5. The zero-order valence-corrected chi connectivity index (χ0v) is 24.0. The van der Waals surface area contributed by atoms with Crippen LogP contribution in [0, 0.1) is 0 Å². The normalized spacial score (nSPS) is 11.3. The molecule has 0 unspecified atom stereocenters. The average Bonchev–Trinajstić information content (AvgIpc) is 3.48. The number of hydrogen-bond donors (Lipinski definition) is 0. The van der Waals surface area contributed by atoms with Gasteiger partial charge in [0.05, 0.1) is 0 Å². The highest BCUT2D eigenvalue weighted by Gasteiger charge is 2.18. The molecule has 43 heavy (non-hydrogen) atoms. The highest BCUT2D eigenvalue weighted by atomic mass is 32.1. The molecular weight excluding hydrogens is 543 g/mol. The summed E-state index contributed by atoms with van der Waals surface area (Å²) >= 11 is 1.80. The second kappa shape index (κ2) is 10.8. The van der Waals surface area contributed by atoms with Crippen molar-refractivity contribution in [1.82, 2.24) is 15.0 Å². The maximum atomic E-state index is 5.17. The predicted molar refractivity (Wildman–Crippen MR) is 180 cm³/mol. The van der Waals surface area contributed by atoms with Gasteiger partial charge in [0, 0.05) is 36.9 Å². The number of thiophene rings is 1. The minimum atomic E-state index is 0.652. The highest BCUT2D eigenvalue weighted by Crippen LogP contribution is 2.40. The van der Waals surface area contributed by atoms with Crippen molar-refractivity contribution >= 4 is 31.5 Å². The molecule has 0 aliphatic heterocycles. The van der Waals surface area contributed by atoms with Gasteiger partial charge in [-0.25, -0.2) is 15.0 Å². The van der Waals surface area contributed by atoms with E-state index in [4.69, 9.17) is 15.0 Å². The summed E-state index contributed by atoms with van der Waals surface area (Å²) in [4.78, 5) is 15.4. The van der Waals surface area contributed by atoms with Gasteiger partial charge in [-0.3, -0.25) is 0 Å². The molecule has 0 aliphatic carbocycles. The smallest absolute Gasteiger partial charge is 0.164 e. The number of benzene rings is 6. The van der Waals surface area contributed by atoms with Gasteiger partial charge in [-0.1, -0.05) is 140 Å². The maximum absolute atomic E-state index is 5.17. The number of aromatic nitrogens is 3. The van der Waals surface area contributed by atoms with Gasteiger partial charge in [-0.05, 0) is 34.4 Å². The van der Waals surface area contributed by atoms with Crippen LogP contribution in [0.25, 0.3) is 76.6 Å². The molecule has 0 bridgehead atoms. The zero-order chi connectivity index (χ0) is 28.6. The summed E-state index contributed by atoms with van der Waals surface area (Å²) in [6.07, 6.45) is 0. The molecule has 3 nitrogen and oxygen atoms in total. The van der Waals surface area contributed by atoms with Crippen molar-refractivity contribution in [2.75, 3.05) is 0 Å². The van der Waals surface area contributed by atoms with E-state index in [2.05, 4.69) is 133 Å². The lowest BCUT2D eigenvalue weighted by atomic mass is 9.99. The molecule has 2 heterocycles. The third kappa shape index (κ3) is 4.68. The van der Waals surface area contributed by atoms with E-state index in [1.165, 1.54) is 25.7 Å². The Balaban J connectivity index is 1.35. The molecule has 0 radical (unpaired) electrons. The van der Waals surface area contributed by atoms with Crippen LogP contribution in [0.15, 0.2) is 152 Å². The molecule has 202 valence electrons. The Kier molecular flexibility index (Phi) is 6.32. The van der Waals surface area contributed by atoms with Crippen molar-refractivity contribution in [2.45, 2.75) is 0 Å². The summed E-state index contributed by atoms with van der Waals surface area (Å²) < 4.78 is 2.48. The molecule has 0 fully saturated rings. The molecule has 0 atom stereocenters. The van der Waals surface area contributed by atoms with Crippen LogP contribution in [-0.2, 0) is 0 Å². The number of nitrogens with zero attached hydrogens (tertiary/aromatic N) is 3. The first-order valence-corrected chi connectivity index (χ1v) is 15.1. The van der Waals surface area contributed by atoms with Gasteiger partial charge in [0.25, 0.3) is 0 Å². The van der Waals surface area contributed by atoms with E-state index in [-0.39, 0.29) is 0 Å². The molecule has 0 N–H and O–H groups in total. The van der Waals surface area contributed by atoms with Gasteiger partial charge in [-0.2, -0.15) is 0 Å². The first kappa shape index (κ1) is 25.3. The molecule has 0 spiro atoms. The fourth-order valence-corrected chi connectivity index (χ4v) is 6.83. The Morgan fingerprint density at radius 2 is 0.837 bits per heavy atom. The monoisotopic (exact) mass is 567 g/mol. The molecule has 0 saturated carbocycles. The molecule has 0 amide bonds. The van der Waals surface area contributed by atoms with Gasteiger partial charge in [0.1, 0.15) is 0 Å². The van der Waals surface area contributed by atoms with E-state index < -0.39 is 0 Å². The Labute approximate surface area is 253 Å². The minimum absolute atomic E-state index is 0.652. The van der Waals surface area contributed by atoms with E-state index in [0.29, 0.717) is 17.5 Å². The SMILES string of the molecule is c1ccc(-c2ccc(-c3nc(-c4ccccc4-c4ccccc4)nc(-c4cccc5sc6ccccc6c45)n3)cc2)cc1. The van der Waals surface area contributed by atoms with E-state index in [9.17, 15) is 0 Å². The zero-order valence-electron chi connectivity index (χ0n) is 23.2. The molecule has 8 aromatic rings. The number of fused-ring (bicyclic) bond motifs is 3. The van der Waals surface area contributed by atoms with Gasteiger partial charge in [0.2, 0.25) is 0 Å². The number of rotatable bonds is 5. The topological polar surface area (TPSA) is 38.7 Å². The molecule has 8 rings (SSSR count). The van der Waals surface area contributed by atoms with Crippen LogP contribution >= 0.6 is 11.3 Å². The van der Waals surface area contributed by atoms with Crippen molar-refractivity contribution in [3.8, 4) is 56.4 Å². The Morgan fingerprint density at radius 1 is 0.326 bits per heavy atom. The van der Waals surface area contributed by atoms with Crippen molar-refractivity contribution in [2.24, 2.45) is 0 Å². The standard InChI is InChI=1S/C39H25N3S/c1-3-12-26(13-4-1)27-22-24-29(25-23-27)37-40-38(31-17-8-7-16-30(31)28-14-5-2-6-15-28)42-39(41-37)33-19-11-21-35-36(33)32-18-9-10-20-34(32)43-35/h1-25H. The van der Waals surface area contributed by atoms with E-state index in [1.807, 2.05) is 18.2 Å². The summed E-state index contributed by atoms with van der Waals surface area (Å²) in [5, 5.41) is 2.40. The van der Waals surface area contributed by atoms with Crippen molar-refractivity contribution in [1.29, 1.82) is 0 Å². The molecule has 2 aromatic heterocycles. The third-order valence-electron chi connectivity index (χ3n) is 7.78. The third-order valence-corrected chi connectivity index (χ3v) is 8.92. The fourth-order valence-electron chi connectivity index (χ4n) is 5.70. The maximum Gasteiger partial charge on any atom is 0.164 e. The summed E-state index contributed by atoms with van der Waals surface area (Å²) in [5.74, 6) is 1.98. The summed E-state index contributed by atoms with van der Waals surface area (Å²) in [7, 11) is 0. The van der Waals surface area contributed by atoms with Gasteiger partial charge < -0.3 is 0 Å². The Bertz CT molecular complexity index is 2220.